The number of halogens is 1. The molecule has 1 N–H and O–H groups in total. The summed E-state index contributed by atoms with van der Waals surface area (Å²) in [6.07, 6.45) is 4.86. The van der Waals surface area contributed by atoms with Crippen LogP contribution < -0.4 is 0 Å². The molecule has 1 aliphatic rings. The standard InChI is InChI=1S/C16H22ClNO2/c1-2-14(12-7-9-13(17)10-8-12)18-11-5-3-4-6-15(18)16(19)20/h7-10,14-15H,2-6,11H2,1H3,(H,19,20). The first kappa shape index (κ1) is 15.3. The van der Waals surface area contributed by atoms with Crippen LogP contribution >= 0.6 is 11.6 Å². The van der Waals surface area contributed by atoms with Crippen molar-refractivity contribution in [3.05, 3.63) is 34.9 Å². The number of hydrogen-bond donors (Lipinski definition) is 1. The first-order valence-electron chi connectivity index (χ1n) is 7.37. The van der Waals surface area contributed by atoms with Gasteiger partial charge < -0.3 is 5.11 Å². The fourth-order valence-electron chi connectivity index (χ4n) is 3.12. The maximum absolute atomic E-state index is 11.6. The van der Waals surface area contributed by atoms with Gasteiger partial charge in [-0.05, 0) is 43.5 Å². The molecule has 2 rings (SSSR count). The lowest BCUT2D eigenvalue weighted by Crippen LogP contribution is -2.42. The van der Waals surface area contributed by atoms with Gasteiger partial charge in [-0.3, -0.25) is 9.69 Å². The first-order valence-corrected chi connectivity index (χ1v) is 7.75. The largest absolute Gasteiger partial charge is 0.480 e. The summed E-state index contributed by atoms with van der Waals surface area (Å²) in [7, 11) is 0. The second-order valence-corrected chi connectivity index (χ2v) is 5.85. The number of nitrogens with zero attached hydrogens (tertiary/aromatic N) is 1. The molecule has 4 heteroatoms. The van der Waals surface area contributed by atoms with Crippen molar-refractivity contribution in [1.82, 2.24) is 4.90 Å². The Morgan fingerprint density at radius 2 is 2.05 bits per heavy atom. The lowest BCUT2D eigenvalue weighted by atomic mass is 10.00. The van der Waals surface area contributed by atoms with Crippen LogP contribution in [0.5, 0.6) is 0 Å². The quantitative estimate of drug-likeness (QED) is 0.908. The average molecular weight is 296 g/mol. The fraction of sp³-hybridized carbons (Fsp3) is 0.562. The molecule has 1 aliphatic heterocycles. The summed E-state index contributed by atoms with van der Waals surface area (Å²) in [6, 6.07) is 7.59. The van der Waals surface area contributed by atoms with Gasteiger partial charge in [0.1, 0.15) is 6.04 Å². The SMILES string of the molecule is CCC(c1ccc(Cl)cc1)N1CCCCCC1C(=O)O. The predicted molar refractivity (Wildman–Crippen MR) is 81.1 cm³/mol. The molecule has 1 aromatic rings. The highest BCUT2D eigenvalue weighted by atomic mass is 35.5. The van der Waals surface area contributed by atoms with Gasteiger partial charge in [-0.15, -0.1) is 0 Å². The Morgan fingerprint density at radius 3 is 2.65 bits per heavy atom. The number of hydrogen-bond acceptors (Lipinski definition) is 2. The normalized spacial score (nSPS) is 22.2. The van der Waals surface area contributed by atoms with E-state index in [1.807, 2.05) is 24.3 Å². The molecule has 1 saturated heterocycles. The smallest absolute Gasteiger partial charge is 0.320 e. The number of aliphatic carboxylic acids is 1. The van der Waals surface area contributed by atoms with Gasteiger partial charge in [0.05, 0.1) is 0 Å². The van der Waals surface area contributed by atoms with Gasteiger partial charge in [0, 0.05) is 11.1 Å². The summed E-state index contributed by atoms with van der Waals surface area (Å²) in [4.78, 5) is 13.7. The zero-order valence-corrected chi connectivity index (χ0v) is 12.6. The van der Waals surface area contributed by atoms with E-state index in [1.54, 1.807) is 0 Å². The van der Waals surface area contributed by atoms with Gasteiger partial charge >= 0.3 is 5.97 Å². The van der Waals surface area contributed by atoms with Gasteiger partial charge in [0.2, 0.25) is 0 Å². The van der Waals surface area contributed by atoms with Crippen molar-refractivity contribution < 1.29 is 9.90 Å². The Kier molecular flexibility index (Phi) is 5.44. The van der Waals surface area contributed by atoms with Crippen LogP contribution in [0.25, 0.3) is 0 Å². The van der Waals surface area contributed by atoms with E-state index >= 15 is 0 Å². The van der Waals surface area contributed by atoms with Gasteiger partial charge in [-0.25, -0.2) is 0 Å². The summed E-state index contributed by atoms with van der Waals surface area (Å²) in [5, 5.41) is 10.2. The van der Waals surface area contributed by atoms with E-state index in [2.05, 4.69) is 11.8 Å². The number of carbonyl (C=O) groups is 1. The minimum absolute atomic E-state index is 0.159. The van der Waals surface area contributed by atoms with Crippen LogP contribution in [0.15, 0.2) is 24.3 Å². The van der Waals surface area contributed by atoms with E-state index < -0.39 is 5.97 Å². The number of rotatable bonds is 4. The van der Waals surface area contributed by atoms with Crippen molar-refractivity contribution in [2.24, 2.45) is 0 Å². The van der Waals surface area contributed by atoms with Crippen molar-refractivity contribution in [2.45, 2.75) is 51.1 Å². The molecule has 0 radical (unpaired) electrons. The number of carboxylic acid groups (broad SMARTS) is 1. The van der Waals surface area contributed by atoms with Crippen LogP contribution in [0.4, 0.5) is 0 Å². The Labute approximate surface area is 125 Å². The van der Waals surface area contributed by atoms with Gasteiger partial charge in [-0.2, -0.15) is 0 Å². The molecule has 1 fully saturated rings. The van der Waals surface area contributed by atoms with Crippen molar-refractivity contribution >= 4 is 17.6 Å². The van der Waals surface area contributed by atoms with Gasteiger partial charge in [0.15, 0.2) is 0 Å². The zero-order valence-electron chi connectivity index (χ0n) is 11.9. The maximum atomic E-state index is 11.6. The predicted octanol–water partition coefficient (Wildman–Crippen LogP) is 4.12. The van der Waals surface area contributed by atoms with Gasteiger partial charge in [-0.1, -0.05) is 43.5 Å². The lowest BCUT2D eigenvalue weighted by Gasteiger charge is -2.34. The summed E-state index contributed by atoms with van der Waals surface area (Å²) < 4.78 is 0. The Bertz CT molecular complexity index is 446. The Morgan fingerprint density at radius 1 is 1.35 bits per heavy atom. The highest BCUT2D eigenvalue weighted by Crippen LogP contribution is 2.31. The highest BCUT2D eigenvalue weighted by molar-refractivity contribution is 6.30. The summed E-state index contributed by atoms with van der Waals surface area (Å²) in [5.74, 6) is -0.695. The van der Waals surface area contributed by atoms with E-state index in [-0.39, 0.29) is 12.1 Å². The Hall–Kier alpha value is -1.06. The molecule has 20 heavy (non-hydrogen) atoms. The highest BCUT2D eigenvalue weighted by Gasteiger charge is 2.32. The van der Waals surface area contributed by atoms with Crippen LogP contribution in [0.2, 0.25) is 5.02 Å². The van der Waals surface area contributed by atoms with Crippen molar-refractivity contribution in [2.75, 3.05) is 6.54 Å². The second kappa shape index (κ2) is 7.09. The van der Waals surface area contributed by atoms with E-state index in [0.29, 0.717) is 5.02 Å². The van der Waals surface area contributed by atoms with Crippen molar-refractivity contribution in [3.63, 3.8) is 0 Å². The average Bonchev–Trinajstić information content (AvgIpc) is 2.68. The molecular weight excluding hydrogens is 274 g/mol. The molecule has 1 aromatic carbocycles. The molecular formula is C16H22ClNO2. The number of carboxylic acids is 1. The maximum Gasteiger partial charge on any atom is 0.320 e. The van der Waals surface area contributed by atoms with E-state index in [0.717, 1.165) is 44.2 Å². The number of benzene rings is 1. The monoisotopic (exact) mass is 295 g/mol. The van der Waals surface area contributed by atoms with Crippen LogP contribution in [0, 0.1) is 0 Å². The fourth-order valence-corrected chi connectivity index (χ4v) is 3.24. The van der Waals surface area contributed by atoms with E-state index in [4.69, 9.17) is 11.6 Å². The molecule has 1 heterocycles. The van der Waals surface area contributed by atoms with Gasteiger partial charge in [0.25, 0.3) is 0 Å². The molecule has 110 valence electrons. The van der Waals surface area contributed by atoms with Crippen molar-refractivity contribution in [3.8, 4) is 0 Å². The summed E-state index contributed by atoms with van der Waals surface area (Å²) in [6.45, 7) is 2.97. The zero-order chi connectivity index (χ0) is 14.5. The van der Waals surface area contributed by atoms with Crippen molar-refractivity contribution in [1.29, 1.82) is 0 Å². The molecule has 0 spiro atoms. The minimum Gasteiger partial charge on any atom is -0.480 e. The molecule has 0 saturated carbocycles. The molecule has 0 amide bonds. The molecule has 2 atom stereocenters. The third-order valence-electron chi connectivity index (χ3n) is 4.12. The number of likely N-dealkylation sites (tertiary alicyclic amines) is 1. The summed E-state index contributed by atoms with van der Waals surface area (Å²) in [5.41, 5.74) is 1.16. The molecule has 0 aliphatic carbocycles. The summed E-state index contributed by atoms with van der Waals surface area (Å²) >= 11 is 5.94. The third-order valence-corrected chi connectivity index (χ3v) is 4.37. The first-order chi connectivity index (χ1) is 9.63. The van der Waals surface area contributed by atoms with Crippen LogP contribution in [-0.2, 0) is 4.79 Å². The lowest BCUT2D eigenvalue weighted by molar-refractivity contribution is -0.144. The Balaban J connectivity index is 2.26. The molecule has 3 nitrogen and oxygen atoms in total. The molecule has 2 unspecified atom stereocenters. The van der Waals surface area contributed by atoms with Crippen LogP contribution in [-0.4, -0.2) is 28.6 Å². The topological polar surface area (TPSA) is 40.5 Å². The van der Waals surface area contributed by atoms with Crippen LogP contribution in [0.3, 0.4) is 0 Å². The van der Waals surface area contributed by atoms with Crippen LogP contribution in [0.1, 0.15) is 50.6 Å². The molecule has 0 aromatic heterocycles. The van der Waals surface area contributed by atoms with E-state index in [1.165, 1.54) is 0 Å². The second-order valence-electron chi connectivity index (χ2n) is 5.42. The van der Waals surface area contributed by atoms with E-state index in [9.17, 15) is 9.90 Å². The third kappa shape index (κ3) is 3.53. The molecule has 0 bridgehead atoms. The minimum atomic E-state index is -0.695.